The van der Waals surface area contributed by atoms with Gasteiger partial charge in [0.15, 0.2) is 15.7 Å². The third-order valence-corrected chi connectivity index (χ3v) is 3.68. The first-order valence-electron chi connectivity index (χ1n) is 5.50. The maximum absolute atomic E-state index is 11.8. The van der Waals surface area contributed by atoms with E-state index in [0.717, 1.165) is 6.26 Å². The number of carbonyl (C=O) groups excluding carboxylic acids is 2. The predicted octanol–water partition coefficient (Wildman–Crippen LogP) is -1.03. The molecule has 0 saturated heterocycles. The van der Waals surface area contributed by atoms with Crippen molar-refractivity contribution in [1.29, 1.82) is 0 Å². The van der Waals surface area contributed by atoms with Crippen molar-refractivity contribution >= 4 is 27.6 Å². The molecule has 20 heavy (non-hydrogen) atoms. The van der Waals surface area contributed by atoms with Gasteiger partial charge in [0.2, 0.25) is 5.91 Å². The predicted molar refractivity (Wildman–Crippen MR) is 70.9 cm³/mol. The highest BCUT2D eigenvalue weighted by Crippen LogP contribution is 2.23. The zero-order valence-corrected chi connectivity index (χ0v) is 12.0. The smallest absolute Gasteiger partial charge is 0.320 e. The van der Waals surface area contributed by atoms with E-state index in [1.807, 2.05) is 0 Å². The average Bonchev–Trinajstić information content (AvgIpc) is 2.30. The fourth-order valence-corrected chi connectivity index (χ4v) is 2.81. The summed E-state index contributed by atoms with van der Waals surface area (Å²) < 4.78 is 23.6. The van der Waals surface area contributed by atoms with Gasteiger partial charge in [-0.05, 0) is 6.92 Å². The summed E-state index contributed by atoms with van der Waals surface area (Å²) in [5.41, 5.74) is 5.20. The summed E-state index contributed by atoms with van der Waals surface area (Å²) >= 11 is 0. The molecule has 110 valence electrons. The number of hydrogen-bond acceptors (Lipinski definition) is 6. The Morgan fingerprint density at radius 3 is 2.35 bits per heavy atom. The highest BCUT2D eigenvalue weighted by molar-refractivity contribution is 7.90. The third-order valence-electron chi connectivity index (χ3n) is 2.40. The molecule has 0 spiro atoms. The molecule has 1 heterocycles. The van der Waals surface area contributed by atoms with Crippen LogP contribution in [0.3, 0.4) is 0 Å². The number of anilines is 1. The summed E-state index contributed by atoms with van der Waals surface area (Å²) in [4.78, 5) is 22.0. The molecule has 9 nitrogen and oxygen atoms in total. The topological polar surface area (TPSA) is 144 Å². The van der Waals surface area contributed by atoms with Crippen molar-refractivity contribution in [3.05, 3.63) is 11.3 Å². The van der Waals surface area contributed by atoms with Gasteiger partial charge in [0, 0.05) is 18.9 Å². The summed E-state index contributed by atoms with van der Waals surface area (Å²) in [5, 5.41) is 12.0. The maximum atomic E-state index is 11.8. The Morgan fingerprint density at radius 2 is 1.90 bits per heavy atom. The molecule has 0 aliphatic heterocycles. The van der Waals surface area contributed by atoms with Gasteiger partial charge < -0.3 is 11.1 Å². The molecule has 10 heteroatoms. The summed E-state index contributed by atoms with van der Waals surface area (Å²) in [5.74, 6) is -0.728. The second-order valence-corrected chi connectivity index (χ2v) is 6.02. The zero-order chi connectivity index (χ0) is 15.5. The first-order chi connectivity index (χ1) is 9.16. The number of primary amides is 1. The largest absolute Gasteiger partial charge is 0.369 e. The molecule has 0 atom stereocenters. The van der Waals surface area contributed by atoms with Crippen LogP contribution in [-0.4, -0.2) is 43.9 Å². The van der Waals surface area contributed by atoms with Crippen LogP contribution in [0.5, 0.6) is 0 Å². The van der Waals surface area contributed by atoms with E-state index in [4.69, 9.17) is 5.73 Å². The Hall–Kier alpha value is -2.23. The SMILES string of the molecule is CNC(=O)Nc1nnc(CC(N)=O)c(S(C)(=O)=O)c1C. The Balaban J connectivity index is 3.43. The van der Waals surface area contributed by atoms with Gasteiger partial charge in [-0.15, -0.1) is 5.10 Å². The zero-order valence-electron chi connectivity index (χ0n) is 11.2. The van der Waals surface area contributed by atoms with E-state index in [0.29, 0.717) is 0 Å². The van der Waals surface area contributed by atoms with Crippen LogP contribution >= 0.6 is 0 Å². The second kappa shape index (κ2) is 5.82. The second-order valence-electron chi connectivity index (χ2n) is 4.07. The Kier molecular flexibility index (Phi) is 4.61. The molecule has 1 aromatic rings. The Bertz CT molecular complexity index is 656. The Morgan fingerprint density at radius 1 is 1.30 bits per heavy atom. The molecule has 1 rings (SSSR count). The lowest BCUT2D eigenvalue weighted by atomic mass is 10.2. The van der Waals surface area contributed by atoms with Gasteiger partial charge in [0.05, 0.1) is 17.0 Å². The normalized spacial score (nSPS) is 10.9. The summed E-state index contributed by atoms with van der Waals surface area (Å²) in [6.07, 6.45) is 0.627. The highest BCUT2D eigenvalue weighted by Gasteiger charge is 2.23. The molecular formula is C10H15N5O4S. The van der Waals surface area contributed by atoms with Gasteiger partial charge in [-0.25, -0.2) is 13.2 Å². The summed E-state index contributed by atoms with van der Waals surface area (Å²) in [6, 6.07) is -0.565. The lowest BCUT2D eigenvalue weighted by Gasteiger charge is -2.12. The van der Waals surface area contributed by atoms with Crippen LogP contribution in [-0.2, 0) is 21.1 Å². The number of rotatable bonds is 4. The summed E-state index contributed by atoms with van der Waals surface area (Å²) in [7, 11) is -2.26. The first-order valence-corrected chi connectivity index (χ1v) is 7.39. The minimum Gasteiger partial charge on any atom is -0.369 e. The number of amides is 3. The van der Waals surface area contributed by atoms with Crippen molar-refractivity contribution in [3.8, 4) is 0 Å². The minimum absolute atomic E-state index is 0.00186. The third kappa shape index (κ3) is 3.63. The number of nitrogens with zero attached hydrogens (tertiary/aromatic N) is 2. The van der Waals surface area contributed by atoms with Gasteiger partial charge >= 0.3 is 6.03 Å². The van der Waals surface area contributed by atoms with Crippen LogP contribution in [0.25, 0.3) is 0 Å². The molecule has 0 radical (unpaired) electrons. The molecular weight excluding hydrogens is 286 g/mol. The van der Waals surface area contributed by atoms with Crippen molar-refractivity contribution < 1.29 is 18.0 Å². The standard InChI is InChI=1S/C10H15N5O4S/c1-5-8(20(3,18)19)6(4-7(11)16)14-15-9(5)13-10(17)12-2/h4H2,1-3H3,(H2,11,16)(H2,12,13,15,17). The number of sulfone groups is 1. The average molecular weight is 301 g/mol. The maximum Gasteiger partial charge on any atom is 0.320 e. The van der Waals surface area contributed by atoms with E-state index in [9.17, 15) is 18.0 Å². The lowest BCUT2D eigenvalue weighted by molar-refractivity contribution is -0.117. The van der Waals surface area contributed by atoms with E-state index < -0.39 is 21.8 Å². The van der Waals surface area contributed by atoms with E-state index >= 15 is 0 Å². The van der Waals surface area contributed by atoms with Crippen LogP contribution in [0.4, 0.5) is 10.6 Å². The molecule has 0 aliphatic carbocycles. The van der Waals surface area contributed by atoms with Crippen molar-refractivity contribution in [2.45, 2.75) is 18.2 Å². The van der Waals surface area contributed by atoms with Gasteiger partial charge in [0.25, 0.3) is 0 Å². The van der Waals surface area contributed by atoms with E-state index in [1.54, 1.807) is 0 Å². The van der Waals surface area contributed by atoms with E-state index in [1.165, 1.54) is 14.0 Å². The molecule has 0 aliphatic rings. The molecule has 3 amide bonds. The van der Waals surface area contributed by atoms with Crippen LogP contribution in [0.1, 0.15) is 11.3 Å². The number of nitrogens with one attached hydrogen (secondary N) is 2. The van der Waals surface area contributed by atoms with Gasteiger partial charge in [-0.1, -0.05) is 0 Å². The van der Waals surface area contributed by atoms with E-state index in [-0.39, 0.29) is 28.4 Å². The number of hydrogen-bond donors (Lipinski definition) is 3. The summed E-state index contributed by atoms with van der Waals surface area (Å²) in [6.45, 7) is 1.46. The molecule has 0 unspecified atom stereocenters. The van der Waals surface area contributed by atoms with Crippen molar-refractivity contribution in [3.63, 3.8) is 0 Å². The van der Waals surface area contributed by atoms with Crippen LogP contribution in [0, 0.1) is 6.92 Å². The number of urea groups is 1. The molecule has 0 aromatic carbocycles. The van der Waals surface area contributed by atoms with Crippen LogP contribution in [0.2, 0.25) is 0 Å². The first kappa shape index (κ1) is 15.8. The monoisotopic (exact) mass is 301 g/mol. The fourth-order valence-electron chi connectivity index (χ4n) is 1.62. The fraction of sp³-hybridized carbons (Fsp3) is 0.400. The van der Waals surface area contributed by atoms with E-state index in [2.05, 4.69) is 20.8 Å². The highest BCUT2D eigenvalue weighted by atomic mass is 32.2. The quantitative estimate of drug-likeness (QED) is 0.648. The number of aromatic nitrogens is 2. The Labute approximate surface area is 115 Å². The van der Waals surface area contributed by atoms with Gasteiger partial charge in [-0.2, -0.15) is 5.10 Å². The van der Waals surface area contributed by atoms with Crippen molar-refractivity contribution in [2.24, 2.45) is 5.73 Å². The minimum atomic E-state index is -3.66. The molecule has 1 aromatic heterocycles. The van der Waals surface area contributed by atoms with Crippen LogP contribution < -0.4 is 16.4 Å². The van der Waals surface area contributed by atoms with Crippen molar-refractivity contribution in [1.82, 2.24) is 15.5 Å². The number of nitrogens with two attached hydrogens (primary N) is 1. The molecule has 0 fully saturated rings. The van der Waals surface area contributed by atoms with Crippen molar-refractivity contribution in [2.75, 3.05) is 18.6 Å². The number of carbonyl (C=O) groups is 2. The molecule has 4 N–H and O–H groups in total. The lowest BCUT2D eigenvalue weighted by Crippen LogP contribution is -2.27. The van der Waals surface area contributed by atoms with Crippen LogP contribution in [0.15, 0.2) is 4.90 Å². The van der Waals surface area contributed by atoms with Gasteiger partial charge in [0.1, 0.15) is 0 Å². The van der Waals surface area contributed by atoms with Gasteiger partial charge in [-0.3, -0.25) is 10.1 Å². The molecule has 0 bridgehead atoms. The molecule has 0 saturated carbocycles.